The number of hydrogen-bond donors (Lipinski definition) is 2. The molecule has 2 aromatic carbocycles. The molecule has 29 heavy (non-hydrogen) atoms. The summed E-state index contributed by atoms with van der Waals surface area (Å²) in [6.07, 6.45) is 1.78. The second kappa shape index (κ2) is 9.89. The summed E-state index contributed by atoms with van der Waals surface area (Å²) in [6, 6.07) is 19.8. The molecule has 0 aliphatic rings. The Bertz CT molecular complexity index is 959. The maximum absolute atomic E-state index is 12.0. The van der Waals surface area contributed by atoms with Crippen LogP contribution in [0.2, 0.25) is 0 Å². The third-order valence-corrected chi connectivity index (χ3v) is 3.98. The van der Waals surface area contributed by atoms with E-state index < -0.39 is 5.97 Å². The van der Waals surface area contributed by atoms with Gasteiger partial charge < -0.3 is 20.1 Å². The molecule has 0 bridgehead atoms. The summed E-state index contributed by atoms with van der Waals surface area (Å²) in [5.74, 6) is 0.537. The minimum atomic E-state index is -0.428. The average molecular weight is 391 g/mol. The number of ether oxygens (including phenoxy) is 2. The number of nitrogens with zero attached hydrogens (tertiary/aromatic N) is 1. The highest BCUT2D eigenvalue weighted by molar-refractivity contribution is 5.96. The topological polar surface area (TPSA) is 89.6 Å². The molecule has 3 rings (SSSR count). The first-order chi connectivity index (χ1) is 14.2. The van der Waals surface area contributed by atoms with Crippen molar-refractivity contribution in [3.05, 3.63) is 78.5 Å². The highest BCUT2D eigenvalue weighted by Crippen LogP contribution is 2.21. The monoisotopic (exact) mass is 391 g/mol. The third-order valence-electron chi connectivity index (χ3n) is 3.98. The van der Waals surface area contributed by atoms with Crippen molar-refractivity contribution in [1.82, 2.24) is 4.98 Å². The van der Waals surface area contributed by atoms with E-state index >= 15 is 0 Å². The van der Waals surface area contributed by atoms with E-state index in [0.717, 1.165) is 5.75 Å². The van der Waals surface area contributed by atoms with Crippen LogP contribution in [0.25, 0.3) is 0 Å². The number of nitrogens with one attached hydrogen (secondary N) is 2. The van der Waals surface area contributed by atoms with Gasteiger partial charge in [0.25, 0.3) is 0 Å². The van der Waals surface area contributed by atoms with Gasteiger partial charge in [0.1, 0.15) is 11.6 Å². The van der Waals surface area contributed by atoms with Crippen molar-refractivity contribution in [2.75, 3.05) is 24.4 Å². The zero-order chi connectivity index (χ0) is 20.5. The van der Waals surface area contributed by atoms with Gasteiger partial charge in [0, 0.05) is 0 Å². The lowest BCUT2D eigenvalue weighted by atomic mass is 10.1. The van der Waals surface area contributed by atoms with Crippen molar-refractivity contribution in [1.29, 1.82) is 0 Å². The van der Waals surface area contributed by atoms with Gasteiger partial charge in [0.2, 0.25) is 5.91 Å². The van der Waals surface area contributed by atoms with Crippen LogP contribution in [0.4, 0.5) is 17.2 Å². The van der Waals surface area contributed by atoms with Crippen LogP contribution in [0.5, 0.6) is 5.75 Å². The van der Waals surface area contributed by atoms with Crippen LogP contribution < -0.4 is 15.4 Å². The van der Waals surface area contributed by atoms with Crippen molar-refractivity contribution in [2.45, 2.75) is 6.42 Å². The van der Waals surface area contributed by atoms with Crippen LogP contribution >= 0.6 is 0 Å². The normalized spacial score (nSPS) is 10.1. The molecule has 148 valence electrons. The van der Waals surface area contributed by atoms with E-state index in [-0.39, 0.29) is 18.9 Å². The first kappa shape index (κ1) is 19.9. The fourth-order valence-electron chi connectivity index (χ4n) is 2.56. The lowest BCUT2D eigenvalue weighted by Crippen LogP contribution is -2.16. The van der Waals surface area contributed by atoms with E-state index in [0.29, 0.717) is 22.8 Å². The molecular weight excluding hydrogens is 370 g/mol. The zero-order valence-electron chi connectivity index (χ0n) is 15.9. The molecular formula is C22H21N3O4. The molecule has 0 radical (unpaired) electrons. The van der Waals surface area contributed by atoms with Gasteiger partial charge in [-0.2, -0.15) is 0 Å². The summed E-state index contributed by atoms with van der Waals surface area (Å²) >= 11 is 0. The summed E-state index contributed by atoms with van der Waals surface area (Å²) in [7, 11) is 1.34. The van der Waals surface area contributed by atoms with E-state index in [1.807, 2.05) is 36.4 Å². The van der Waals surface area contributed by atoms with Crippen LogP contribution in [-0.2, 0) is 9.53 Å². The van der Waals surface area contributed by atoms with Crippen molar-refractivity contribution in [3.63, 3.8) is 0 Å². The van der Waals surface area contributed by atoms with E-state index in [1.165, 1.54) is 7.11 Å². The zero-order valence-corrected chi connectivity index (χ0v) is 15.9. The molecule has 2 N–H and O–H groups in total. The molecule has 0 fully saturated rings. The number of aromatic nitrogens is 1. The maximum Gasteiger partial charge on any atom is 0.339 e. The Labute approximate surface area is 168 Å². The first-order valence-electron chi connectivity index (χ1n) is 9.04. The Morgan fingerprint density at radius 3 is 2.45 bits per heavy atom. The van der Waals surface area contributed by atoms with Crippen molar-refractivity contribution in [3.8, 4) is 5.75 Å². The molecule has 0 saturated carbocycles. The summed E-state index contributed by atoms with van der Waals surface area (Å²) in [5, 5.41) is 5.85. The van der Waals surface area contributed by atoms with Crippen LogP contribution in [0.1, 0.15) is 16.8 Å². The quantitative estimate of drug-likeness (QED) is 0.564. The van der Waals surface area contributed by atoms with E-state index in [2.05, 4.69) is 15.6 Å². The summed E-state index contributed by atoms with van der Waals surface area (Å²) in [4.78, 5) is 28.1. The number of rotatable bonds is 8. The van der Waals surface area contributed by atoms with Gasteiger partial charge in [0.15, 0.2) is 0 Å². The van der Waals surface area contributed by atoms with Gasteiger partial charge in [-0.3, -0.25) is 4.79 Å². The number of benzene rings is 2. The number of amides is 1. The lowest BCUT2D eigenvalue weighted by molar-refractivity contribution is -0.116. The van der Waals surface area contributed by atoms with Crippen LogP contribution in [0, 0.1) is 0 Å². The van der Waals surface area contributed by atoms with E-state index in [1.54, 1.807) is 36.5 Å². The number of hydrogen-bond acceptors (Lipinski definition) is 6. The third kappa shape index (κ3) is 5.80. The predicted molar refractivity (Wildman–Crippen MR) is 110 cm³/mol. The average Bonchev–Trinajstić information content (AvgIpc) is 2.76. The van der Waals surface area contributed by atoms with Gasteiger partial charge in [-0.1, -0.05) is 30.3 Å². The van der Waals surface area contributed by atoms with Crippen LogP contribution in [0.3, 0.4) is 0 Å². The number of carbonyl (C=O) groups is 2. The first-order valence-corrected chi connectivity index (χ1v) is 9.04. The molecule has 0 aliphatic heterocycles. The van der Waals surface area contributed by atoms with Crippen molar-refractivity contribution < 1.29 is 19.1 Å². The number of para-hydroxylation sites is 2. The molecule has 3 aromatic rings. The number of esters is 1. The minimum absolute atomic E-state index is 0.190. The van der Waals surface area contributed by atoms with Crippen LogP contribution in [-0.4, -0.2) is 30.6 Å². The Balaban J connectivity index is 1.52. The molecule has 0 unspecified atom stereocenters. The fraction of sp³-hybridized carbons (Fsp3) is 0.136. The minimum Gasteiger partial charge on any atom is -0.493 e. The number of methoxy groups -OCH3 is 1. The van der Waals surface area contributed by atoms with Crippen molar-refractivity contribution >= 4 is 29.1 Å². The molecule has 1 heterocycles. The van der Waals surface area contributed by atoms with E-state index in [9.17, 15) is 9.59 Å². The standard InChI is InChI=1S/C22H21N3O4/c1-28-22(27)18-9-5-6-10-19(18)24-16-11-12-20(23-15-16)25-21(26)13-14-29-17-7-3-2-4-8-17/h2-12,15,24H,13-14H2,1H3,(H,23,25,26). The fourth-order valence-corrected chi connectivity index (χ4v) is 2.56. The molecule has 1 aromatic heterocycles. The highest BCUT2D eigenvalue weighted by Gasteiger charge is 2.11. The molecule has 0 saturated heterocycles. The SMILES string of the molecule is COC(=O)c1ccccc1Nc1ccc(NC(=O)CCOc2ccccc2)nc1. The number of anilines is 3. The molecule has 7 nitrogen and oxygen atoms in total. The molecule has 0 aliphatic carbocycles. The van der Waals surface area contributed by atoms with Gasteiger partial charge in [0.05, 0.1) is 43.3 Å². The van der Waals surface area contributed by atoms with E-state index in [4.69, 9.17) is 9.47 Å². The number of carbonyl (C=O) groups excluding carboxylic acids is 2. The van der Waals surface area contributed by atoms with Gasteiger partial charge in [-0.25, -0.2) is 9.78 Å². The second-order valence-corrected chi connectivity index (χ2v) is 6.05. The summed E-state index contributed by atoms with van der Waals surface area (Å²) in [6.45, 7) is 0.278. The van der Waals surface area contributed by atoms with Gasteiger partial charge >= 0.3 is 5.97 Å². The molecule has 7 heteroatoms. The Hall–Kier alpha value is -3.87. The number of pyridine rings is 1. The molecule has 1 amide bonds. The van der Waals surface area contributed by atoms with Crippen molar-refractivity contribution in [2.24, 2.45) is 0 Å². The van der Waals surface area contributed by atoms with Crippen LogP contribution in [0.15, 0.2) is 72.9 Å². The smallest absolute Gasteiger partial charge is 0.339 e. The summed E-state index contributed by atoms with van der Waals surface area (Å²) < 4.78 is 10.3. The largest absolute Gasteiger partial charge is 0.493 e. The van der Waals surface area contributed by atoms with Gasteiger partial charge in [-0.15, -0.1) is 0 Å². The Morgan fingerprint density at radius 1 is 0.966 bits per heavy atom. The Morgan fingerprint density at radius 2 is 1.72 bits per heavy atom. The summed E-state index contributed by atoms with van der Waals surface area (Å²) in [5.41, 5.74) is 1.70. The van der Waals surface area contributed by atoms with Gasteiger partial charge in [-0.05, 0) is 36.4 Å². The predicted octanol–water partition coefficient (Wildman–Crippen LogP) is 4.02. The Kier molecular flexibility index (Phi) is 6.78. The molecule has 0 spiro atoms. The second-order valence-electron chi connectivity index (χ2n) is 6.05. The lowest BCUT2D eigenvalue weighted by Gasteiger charge is -2.11. The maximum atomic E-state index is 12.0. The molecule has 0 atom stereocenters. The highest BCUT2D eigenvalue weighted by atomic mass is 16.5.